The second-order valence-electron chi connectivity index (χ2n) is 7.21. The fourth-order valence-electron chi connectivity index (χ4n) is 3.63. The van der Waals surface area contributed by atoms with Gasteiger partial charge in [-0.3, -0.25) is 9.59 Å². The largest absolute Gasteiger partial charge is 0.497 e. The fourth-order valence-corrected chi connectivity index (χ4v) is 3.81. The number of carbonyl (C=O) groups is 2. The Kier molecular flexibility index (Phi) is 5.92. The lowest BCUT2D eigenvalue weighted by molar-refractivity contribution is -0.112. The van der Waals surface area contributed by atoms with Gasteiger partial charge in [0.15, 0.2) is 0 Å². The molecule has 4 aromatic rings. The first kappa shape index (κ1) is 21.5. The number of pyridine rings is 1. The lowest BCUT2D eigenvalue weighted by Crippen LogP contribution is -2.23. The molecule has 0 aliphatic rings. The zero-order valence-electron chi connectivity index (χ0n) is 17.4. The van der Waals surface area contributed by atoms with Gasteiger partial charge in [-0.1, -0.05) is 23.7 Å². The molecular weight excluding hydrogens is 433 g/mol. The first-order valence-corrected chi connectivity index (χ1v) is 10.1. The Morgan fingerprint density at radius 2 is 1.88 bits per heavy atom. The molecule has 0 unspecified atom stereocenters. The minimum absolute atomic E-state index is 0.201. The molecule has 0 aliphatic heterocycles. The summed E-state index contributed by atoms with van der Waals surface area (Å²) in [5.74, 6) is -1.24. The van der Waals surface area contributed by atoms with E-state index in [4.69, 9.17) is 16.3 Å². The second kappa shape index (κ2) is 8.80. The topological polar surface area (TPSA) is 73.2 Å². The summed E-state index contributed by atoms with van der Waals surface area (Å²) >= 11 is 5.86. The number of benzene rings is 2. The number of nitrogens with zero attached hydrogens (tertiary/aromatic N) is 2. The number of fused-ring (bicyclic) bond motifs is 1. The first-order valence-electron chi connectivity index (χ1n) is 9.76. The molecule has 0 fully saturated rings. The van der Waals surface area contributed by atoms with Gasteiger partial charge in [-0.05, 0) is 55.0 Å². The van der Waals surface area contributed by atoms with Crippen molar-refractivity contribution in [3.63, 3.8) is 0 Å². The fraction of sp³-hybridized carbons (Fsp3) is 0.125. The van der Waals surface area contributed by atoms with Crippen molar-refractivity contribution in [1.82, 2.24) is 9.55 Å². The van der Waals surface area contributed by atoms with Gasteiger partial charge in [0.1, 0.15) is 16.7 Å². The number of methoxy groups -OCH3 is 1. The lowest BCUT2D eigenvalue weighted by atomic mass is 10.1. The molecule has 0 saturated carbocycles. The van der Waals surface area contributed by atoms with E-state index in [1.165, 1.54) is 31.5 Å². The van der Waals surface area contributed by atoms with Crippen molar-refractivity contribution in [3.8, 4) is 5.75 Å². The van der Waals surface area contributed by atoms with Crippen LogP contribution in [0.5, 0.6) is 5.75 Å². The predicted octanol–water partition coefficient (Wildman–Crippen LogP) is 5.02. The number of amides is 1. The van der Waals surface area contributed by atoms with Crippen LogP contribution in [0.1, 0.15) is 21.6 Å². The molecule has 6 nitrogen and oxygen atoms in total. The van der Waals surface area contributed by atoms with Gasteiger partial charge in [0.2, 0.25) is 0 Å². The number of anilines is 1. The smallest absolute Gasteiger partial charge is 0.296 e. The SMILES string of the molecule is COc1ccc2c(c1)c(C(=O)C(=O)Nc1ccnc(Cl)c1)c(C)n2Cc1ccc(F)cc1. The molecule has 0 spiro atoms. The Labute approximate surface area is 188 Å². The van der Waals surface area contributed by atoms with Crippen LogP contribution in [0.2, 0.25) is 5.15 Å². The summed E-state index contributed by atoms with van der Waals surface area (Å²) in [6.07, 6.45) is 1.44. The van der Waals surface area contributed by atoms with E-state index >= 15 is 0 Å². The van der Waals surface area contributed by atoms with E-state index in [0.717, 1.165) is 11.1 Å². The van der Waals surface area contributed by atoms with Crippen molar-refractivity contribution in [2.45, 2.75) is 13.5 Å². The summed E-state index contributed by atoms with van der Waals surface area (Å²) in [5.41, 5.74) is 2.88. The molecular formula is C24H19ClFN3O3. The van der Waals surface area contributed by atoms with Crippen LogP contribution in [0.15, 0.2) is 60.8 Å². The third kappa shape index (κ3) is 4.20. The van der Waals surface area contributed by atoms with Crippen molar-refractivity contribution in [2.24, 2.45) is 0 Å². The molecule has 32 heavy (non-hydrogen) atoms. The lowest BCUT2D eigenvalue weighted by Gasteiger charge is -2.09. The highest BCUT2D eigenvalue weighted by atomic mass is 35.5. The molecule has 0 bridgehead atoms. The van der Waals surface area contributed by atoms with Gasteiger partial charge >= 0.3 is 0 Å². The van der Waals surface area contributed by atoms with Gasteiger partial charge < -0.3 is 14.6 Å². The average Bonchev–Trinajstić information content (AvgIpc) is 3.05. The summed E-state index contributed by atoms with van der Waals surface area (Å²) in [4.78, 5) is 29.8. The molecule has 1 amide bonds. The van der Waals surface area contributed by atoms with Crippen molar-refractivity contribution >= 4 is 39.9 Å². The third-order valence-electron chi connectivity index (χ3n) is 5.20. The maximum absolute atomic E-state index is 13.3. The van der Waals surface area contributed by atoms with E-state index < -0.39 is 11.7 Å². The van der Waals surface area contributed by atoms with Crippen LogP contribution in [-0.4, -0.2) is 28.4 Å². The number of carbonyl (C=O) groups excluding carboxylic acids is 2. The average molecular weight is 452 g/mol. The monoisotopic (exact) mass is 451 g/mol. The van der Waals surface area contributed by atoms with Crippen LogP contribution in [0, 0.1) is 12.7 Å². The summed E-state index contributed by atoms with van der Waals surface area (Å²) in [6, 6.07) is 14.5. The van der Waals surface area contributed by atoms with E-state index in [1.54, 1.807) is 37.3 Å². The zero-order valence-corrected chi connectivity index (χ0v) is 18.1. The Bertz CT molecular complexity index is 1330. The maximum atomic E-state index is 13.3. The van der Waals surface area contributed by atoms with Crippen molar-refractivity contribution in [2.75, 3.05) is 12.4 Å². The molecule has 2 heterocycles. The van der Waals surface area contributed by atoms with E-state index in [2.05, 4.69) is 10.3 Å². The summed E-state index contributed by atoms with van der Waals surface area (Å²) < 4.78 is 20.6. The van der Waals surface area contributed by atoms with Gasteiger partial charge in [-0.2, -0.15) is 0 Å². The third-order valence-corrected chi connectivity index (χ3v) is 5.41. The van der Waals surface area contributed by atoms with Crippen molar-refractivity contribution in [1.29, 1.82) is 0 Å². The molecule has 2 aromatic carbocycles. The number of ether oxygens (including phenoxy) is 1. The Morgan fingerprint density at radius 1 is 1.12 bits per heavy atom. The molecule has 0 saturated heterocycles. The zero-order chi connectivity index (χ0) is 22.8. The van der Waals surface area contributed by atoms with E-state index in [0.29, 0.717) is 29.1 Å². The molecule has 8 heteroatoms. The van der Waals surface area contributed by atoms with Crippen molar-refractivity contribution < 1.29 is 18.7 Å². The highest BCUT2D eigenvalue weighted by molar-refractivity contribution is 6.48. The molecule has 1 N–H and O–H groups in total. The number of nitrogens with one attached hydrogen (secondary N) is 1. The van der Waals surface area contributed by atoms with Crippen LogP contribution in [0.3, 0.4) is 0 Å². The first-order chi connectivity index (χ1) is 15.4. The minimum atomic E-state index is -0.793. The summed E-state index contributed by atoms with van der Waals surface area (Å²) in [7, 11) is 1.53. The van der Waals surface area contributed by atoms with E-state index in [-0.39, 0.29) is 16.5 Å². The van der Waals surface area contributed by atoms with Crippen LogP contribution in [0.4, 0.5) is 10.1 Å². The van der Waals surface area contributed by atoms with Gasteiger partial charge in [0.25, 0.3) is 11.7 Å². The van der Waals surface area contributed by atoms with Gasteiger partial charge in [-0.15, -0.1) is 0 Å². The quantitative estimate of drug-likeness (QED) is 0.254. The normalized spacial score (nSPS) is 10.9. The molecule has 0 aliphatic carbocycles. The number of Topliss-reactive ketones (excluding diaryl/α,β-unsaturated/α-hetero) is 1. The summed E-state index contributed by atoms with van der Waals surface area (Å²) in [6.45, 7) is 2.18. The number of hydrogen-bond acceptors (Lipinski definition) is 4. The van der Waals surface area contributed by atoms with E-state index in [9.17, 15) is 14.0 Å². The number of halogens is 2. The second-order valence-corrected chi connectivity index (χ2v) is 7.59. The standard InChI is InChI=1S/C24H19ClFN3O3/c1-14-22(23(30)24(31)28-17-9-10-27-21(25)11-17)19-12-18(32-2)7-8-20(19)29(14)13-15-3-5-16(26)6-4-15/h3-12H,13H2,1-2H3,(H,27,28,31). The predicted molar refractivity (Wildman–Crippen MR) is 121 cm³/mol. The molecule has 0 radical (unpaired) electrons. The molecule has 162 valence electrons. The highest BCUT2D eigenvalue weighted by Gasteiger charge is 2.26. The molecule has 0 atom stereocenters. The van der Waals surface area contributed by atoms with Crippen molar-refractivity contribution in [3.05, 3.63) is 88.6 Å². The number of aromatic nitrogens is 2. The van der Waals surface area contributed by atoms with Crippen LogP contribution >= 0.6 is 11.6 Å². The number of rotatable bonds is 6. The summed E-state index contributed by atoms with van der Waals surface area (Å²) in [5, 5.41) is 3.37. The van der Waals surface area contributed by atoms with Gasteiger partial charge in [0, 0.05) is 35.0 Å². The molecule has 2 aromatic heterocycles. The minimum Gasteiger partial charge on any atom is -0.497 e. The number of ketones is 1. The van der Waals surface area contributed by atoms with Crippen LogP contribution in [0.25, 0.3) is 10.9 Å². The highest BCUT2D eigenvalue weighted by Crippen LogP contribution is 2.31. The maximum Gasteiger partial charge on any atom is 0.296 e. The number of hydrogen-bond donors (Lipinski definition) is 1. The van der Waals surface area contributed by atoms with E-state index in [1.807, 2.05) is 10.6 Å². The Balaban J connectivity index is 1.77. The Morgan fingerprint density at radius 3 is 2.56 bits per heavy atom. The van der Waals surface area contributed by atoms with Crippen LogP contribution in [-0.2, 0) is 11.3 Å². The van der Waals surface area contributed by atoms with Crippen LogP contribution < -0.4 is 10.1 Å². The van der Waals surface area contributed by atoms with Gasteiger partial charge in [-0.25, -0.2) is 9.37 Å². The van der Waals surface area contributed by atoms with Gasteiger partial charge in [0.05, 0.1) is 12.7 Å². The Hall–Kier alpha value is -3.71. The molecule has 4 rings (SSSR count).